The van der Waals surface area contributed by atoms with Crippen LogP contribution in [0.15, 0.2) is 79.0 Å². The SMILES string of the molecule is C/C(=C\Cc1cccc2c3cc4c(cc3n(C)c12)sc1ccccc14)c1cc(CC(C)(C)C)ccn1. The maximum absolute atomic E-state index is 4.67. The predicted molar refractivity (Wildman–Crippen MR) is 158 cm³/mol. The number of thiophene rings is 1. The number of nitrogens with zero attached hydrogens (tertiary/aromatic N) is 2. The first-order valence-corrected chi connectivity index (χ1v) is 13.5. The van der Waals surface area contributed by atoms with Gasteiger partial charge >= 0.3 is 0 Å². The highest BCUT2D eigenvalue weighted by Crippen LogP contribution is 2.39. The fourth-order valence-corrected chi connectivity index (χ4v) is 6.64. The molecule has 180 valence electrons. The van der Waals surface area contributed by atoms with Gasteiger partial charge in [-0.3, -0.25) is 4.98 Å². The predicted octanol–water partition coefficient (Wildman–Crippen LogP) is 9.33. The van der Waals surface area contributed by atoms with Gasteiger partial charge in [0.05, 0.1) is 16.7 Å². The quantitative estimate of drug-likeness (QED) is 0.242. The summed E-state index contributed by atoms with van der Waals surface area (Å²) in [6, 6.07) is 24.7. The Morgan fingerprint density at radius 2 is 1.69 bits per heavy atom. The van der Waals surface area contributed by atoms with Gasteiger partial charge < -0.3 is 4.57 Å². The van der Waals surface area contributed by atoms with Crippen molar-refractivity contribution in [2.75, 3.05) is 0 Å². The van der Waals surface area contributed by atoms with E-state index < -0.39 is 0 Å². The maximum Gasteiger partial charge on any atom is 0.0658 e. The molecule has 3 heterocycles. The largest absolute Gasteiger partial charge is 0.343 e. The molecular formula is C33H32N2S. The second-order valence-corrected chi connectivity index (χ2v) is 12.3. The van der Waals surface area contributed by atoms with E-state index in [0.717, 1.165) is 18.5 Å². The molecule has 0 amide bonds. The molecule has 6 aromatic rings. The Kier molecular flexibility index (Phi) is 5.49. The third-order valence-corrected chi connectivity index (χ3v) is 8.33. The van der Waals surface area contributed by atoms with Crippen LogP contribution in [0, 0.1) is 5.41 Å². The van der Waals surface area contributed by atoms with Gasteiger partial charge in [0.1, 0.15) is 0 Å². The van der Waals surface area contributed by atoms with Crippen LogP contribution in [0.5, 0.6) is 0 Å². The van der Waals surface area contributed by atoms with Crippen molar-refractivity contribution in [2.24, 2.45) is 12.5 Å². The summed E-state index contributed by atoms with van der Waals surface area (Å²) in [5.74, 6) is 0. The molecular weight excluding hydrogens is 456 g/mol. The summed E-state index contributed by atoms with van der Waals surface area (Å²) >= 11 is 1.89. The molecule has 0 aliphatic heterocycles. The zero-order valence-corrected chi connectivity index (χ0v) is 22.5. The van der Waals surface area contributed by atoms with Crippen LogP contribution in [-0.4, -0.2) is 9.55 Å². The Morgan fingerprint density at radius 1 is 0.889 bits per heavy atom. The number of allylic oxidation sites excluding steroid dienone is 2. The molecule has 2 nitrogen and oxygen atoms in total. The number of aromatic nitrogens is 2. The van der Waals surface area contributed by atoms with E-state index in [2.05, 4.69) is 117 Å². The van der Waals surface area contributed by atoms with E-state index in [0.29, 0.717) is 0 Å². The topological polar surface area (TPSA) is 17.8 Å². The second kappa shape index (κ2) is 8.60. The lowest BCUT2D eigenvalue weighted by molar-refractivity contribution is 0.411. The number of benzene rings is 3. The van der Waals surface area contributed by atoms with Crippen molar-refractivity contribution in [3.8, 4) is 0 Å². The average molecular weight is 489 g/mol. The Morgan fingerprint density at radius 3 is 2.53 bits per heavy atom. The van der Waals surface area contributed by atoms with Crippen molar-refractivity contribution in [1.29, 1.82) is 0 Å². The number of para-hydroxylation sites is 1. The van der Waals surface area contributed by atoms with Crippen molar-refractivity contribution in [3.05, 3.63) is 95.8 Å². The number of rotatable bonds is 4. The van der Waals surface area contributed by atoms with Gasteiger partial charge in [-0.25, -0.2) is 0 Å². The van der Waals surface area contributed by atoms with E-state index in [1.165, 1.54) is 58.7 Å². The molecule has 3 aromatic heterocycles. The zero-order chi connectivity index (χ0) is 25.0. The van der Waals surface area contributed by atoms with Gasteiger partial charge in [0.15, 0.2) is 0 Å². The van der Waals surface area contributed by atoms with Crippen LogP contribution in [0.25, 0.3) is 47.6 Å². The van der Waals surface area contributed by atoms with E-state index in [1.807, 2.05) is 17.5 Å². The fourth-order valence-electron chi connectivity index (χ4n) is 5.52. The first-order chi connectivity index (χ1) is 17.3. The monoisotopic (exact) mass is 488 g/mol. The molecule has 0 bridgehead atoms. The summed E-state index contributed by atoms with van der Waals surface area (Å²) in [6.45, 7) is 9.04. The third-order valence-electron chi connectivity index (χ3n) is 7.19. The standard InChI is InChI=1S/C33H32N2S/c1-21(28-17-22(15-16-34-28)20-33(2,3)4)13-14-23-9-8-11-25-26-18-27-24-10-6-7-12-30(24)36-31(27)19-29(26)35(5)32(23)25/h6-13,15-19H,14,20H2,1-5H3/b21-13+. The first kappa shape index (κ1) is 23.0. The van der Waals surface area contributed by atoms with Crippen LogP contribution in [0.2, 0.25) is 0 Å². The second-order valence-electron chi connectivity index (χ2n) is 11.2. The molecule has 0 aliphatic carbocycles. The lowest BCUT2D eigenvalue weighted by Gasteiger charge is -2.18. The molecule has 0 fully saturated rings. The van der Waals surface area contributed by atoms with E-state index in [1.54, 1.807) is 0 Å². The summed E-state index contributed by atoms with van der Waals surface area (Å²) in [4.78, 5) is 4.67. The molecule has 36 heavy (non-hydrogen) atoms. The first-order valence-electron chi connectivity index (χ1n) is 12.7. The molecule has 0 N–H and O–H groups in total. The van der Waals surface area contributed by atoms with Gasteiger partial charge in [0.25, 0.3) is 0 Å². The molecule has 0 aliphatic rings. The maximum atomic E-state index is 4.67. The minimum Gasteiger partial charge on any atom is -0.343 e. The Labute approximate surface area is 216 Å². The highest BCUT2D eigenvalue weighted by molar-refractivity contribution is 7.25. The van der Waals surface area contributed by atoms with Crippen molar-refractivity contribution in [2.45, 2.75) is 40.5 Å². The lowest BCUT2D eigenvalue weighted by atomic mass is 9.88. The summed E-state index contributed by atoms with van der Waals surface area (Å²) in [7, 11) is 2.21. The minimum absolute atomic E-state index is 0.265. The average Bonchev–Trinajstić information content (AvgIpc) is 3.35. The smallest absolute Gasteiger partial charge is 0.0658 e. The highest BCUT2D eigenvalue weighted by atomic mass is 32.1. The molecule has 0 saturated heterocycles. The van der Waals surface area contributed by atoms with Crippen LogP contribution in [0.4, 0.5) is 0 Å². The molecule has 0 unspecified atom stereocenters. The normalized spacial score (nSPS) is 13.0. The van der Waals surface area contributed by atoms with Crippen molar-refractivity contribution in [1.82, 2.24) is 9.55 Å². The highest BCUT2D eigenvalue weighted by Gasteiger charge is 2.15. The van der Waals surface area contributed by atoms with Gasteiger partial charge in [-0.1, -0.05) is 63.2 Å². The number of aryl methyl sites for hydroxylation is 1. The van der Waals surface area contributed by atoms with Crippen LogP contribution in [0.3, 0.4) is 0 Å². The molecule has 6 rings (SSSR count). The summed E-state index contributed by atoms with van der Waals surface area (Å²) in [6.07, 6.45) is 6.23. The summed E-state index contributed by atoms with van der Waals surface area (Å²) in [5, 5.41) is 5.38. The number of pyridine rings is 1. The van der Waals surface area contributed by atoms with Gasteiger partial charge in [-0.15, -0.1) is 11.3 Å². The Bertz CT molecular complexity index is 1790. The van der Waals surface area contributed by atoms with Crippen molar-refractivity contribution in [3.63, 3.8) is 0 Å². The van der Waals surface area contributed by atoms with E-state index >= 15 is 0 Å². The van der Waals surface area contributed by atoms with Crippen molar-refractivity contribution >= 4 is 58.9 Å². The van der Waals surface area contributed by atoms with Gasteiger partial charge in [-0.05, 0) is 72.2 Å². The van der Waals surface area contributed by atoms with Crippen LogP contribution >= 0.6 is 11.3 Å². The Balaban J connectivity index is 1.41. The summed E-state index contributed by atoms with van der Waals surface area (Å²) in [5.41, 5.74) is 7.90. The van der Waals surface area contributed by atoms with Gasteiger partial charge in [0.2, 0.25) is 0 Å². The third kappa shape index (κ3) is 4.02. The molecule has 3 aromatic carbocycles. The number of hydrogen-bond donors (Lipinski definition) is 0. The summed E-state index contributed by atoms with van der Waals surface area (Å²) < 4.78 is 5.09. The lowest BCUT2D eigenvalue weighted by Crippen LogP contribution is -2.09. The van der Waals surface area contributed by atoms with E-state index in [9.17, 15) is 0 Å². The fraction of sp³-hybridized carbons (Fsp3) is 0.242. The van der Waals surface area contributed by atoms with Gasteiger partial charge in [0, 0.05) is 44.2 Å². The van der Waals surface area contributed by atoms with E-state index in [-0.39, 0.29) is 5.41 Å². The Hall–Kier alpha value is -3.43. The van der Waals surface area contributed by atoms with Crippen LogP contribution < -0.4 is 0 Å². The molecule has 0 radical (unpaired) electrons. The number of fused-ring (bicyclic) bond motifs is 6. The zero-order valence-electron chi connectivity index (χ0n) is 21.7. The molecule has 0 spiro atoms. The van der Waals surface area contributed by atoms with Crippen LogP contribution in [0.1, 0.15) is 44.5 Å². The number of hydrogen-bond acceptors (Lipinski definition) is 2. The van der Waals surface area contributed by atoms with Crippen LogP contribution in [-0.2, 0) is 19.9 Å². The van der Waals surface area contributed by atoms with Crippen molar-refractivity contribution < 1.29 is 0 Å². The molecule has 0 atom stereocenters. The van der Waals surface area contributed by atoms with E-state index in [4.69, 9.17) is 0 Å². The minimum atomic E-state index is 0.265. The molecule has 0 saturated carbocycles. The molecule has 3 heteroatoms. The van der Waals surface area contributed by atoms with Gasteiger partial charge in [-0.2, -0.15) is 0 Å².